The molecule has 4 heterocycles. The second-order valence-corrected chi connectivity index (χ2v) is 6.77. The van der Waals surface area contributed by atoms with Gasteiger partial charge in [-0.25, -0.2) is 0 Å². The van der Waals surface area contributed by atoms with Crippen LogP contribution in [0.4, 0.5) is 0 Å². The number of carbonyl (C=O) groups excluding carboxylic acids is 1. The van der Waals surface area contributed by atoms with E-state index in [-0.39, 0.29) is 11.5 Å². The number of pyridine rings is 1. The van der Waals surface area contributed by atoms with Gasteiger partial charge in [0.2, 0.25) is 0 Å². The molecule has 0 aliphatic carbocycles. The average molecular weight is 342 g/mol. The third-order valence-corrected chi connectivity index (χ3v) is 5.03. The number of nitrogens with zero attached hydrogens (tertiary/aromatic N) is 4. The Balaban J connectivity index is 1.31. The number of amides is 1. The first-order valence-electron chi connectivity index (χ1n) is 8.57. The molecule has 0 saturated carbocycles. The van der Waals surface area contributed by atoms with E-state index >= 15 is 0 Å². The van der Waals surface area contributed by atoms with Gasteiger partial charge in [-0.05, 0) is 24.6 Å². The highest BCUT2D eigenvalue weighted by atomic mass is 16.5. The molecule has 2 aromatic heterocycles. The van der Waals surface area contributed by atoms with Crippen LogP contribution in [0.3, 0.4) is 0 Å². The van der Waals surface area contributed by atoms with E-state index in [4.69, 9.17) is 9.47 Å². The molecular formula is C18H22N4O3. The van der Waals surface area contributed by atoms with E-state index in [1.165, 1.54) is 0 Å². The fourth-order valence-electron chi connectivity index (χ4n) is 3.59. The van der Waals surface area contributed by atoms with Gasteiger partial charge in [0.15, 0.2) is 0 Å². The highest BCUT2D eigenvalue weighted by Gasteiger charge is 2.54. The molecule has 1 atom stereocenters. The predicted octanol–water partition coefficient (Wildman–Crippen LogP) is 1.26. The monoisotopic (exact) mass is 342 g/mol. The maximum atomic E-state index is 12.4. The Morgan fingerprint density at radius 3 is 3.00 bits per heavy atom. The van der Waals surface area contributed by atoms with Gasteiger partial charge in [-0.1, -0.05) is 6.07 Å². The molecule has 2 aliphatic heterocycles. The van der Waals surface area contributed by atoms with Crippen LogP contribution in [0, 0.1) is 5.92 Å². The summed E-state index contributed by atoms with van der Waals surface area (Å²) >= 11 is 0. The Labute approximate surface area is 146 Å². The van der Waals surface area contributed by atoms with Crippen LogP contribution in [0.1, 0.15) is 22.6 Å². The standard InChI is InChI=1S/C18H22N4O3/c1-21-8-5-16(20-21)17(23)22-12-18(13-22)14(6-9-25-18)10-24-11-15-4-2-3-7-19-15/h2-5,7-8,14H,6,9-13H2,1H3/t14-/m1/s1. The van der Waals surface area contributed by atoms with Crippen molar-refractivity contribution in [2.75, 3.05) is 26.3 Å². The van der Waals surface area contributed by atoms with Gasteiger partial charge in [0.1, 0.15) is 11.3 Å². The van der Waals surface area contributed by atoms with Crippen molar-refractivity contribution >= 4 is 5.91 Å². The van der Waals surface area contributed by atoms with Crippen molar-refractivity contribution in [2.45, 2.75) is 18.6 Å². The van der Waals surface area contributed by atoms with Crippen LogP contribution >= 0.6 is 0 Å². The molecule has 2 saturated heterocycles. The van der Waals surface area contributed by atoms with E-state index in [0.29, 0.717) is 37.9 Å². The molecule has 2 aromatic rings. The number of ether oxygens (including phenoxy) is 2. The average Bonchev–Trinajstić information content (AvgIpc) is 3.20. The third-order valence-electron chi connectivity index (χ3n) is 5.03. The van der Waals surface area contributed by atoms with Gasteiger partial charge in [0.25, 0.3) is 5.91 Å². The summed E-state index contributed by atoms with van der Waals surface area (Å²) in [4.78, 5) is 18.5. The summed E-state index contributed by atoms with van der Waals surface area (Å²) in [6.45, 7) is 3.08. The molecule has 2 fully saturated rings. The molecule has 7 nitrogen and oxygen atoms in total. The molecule has 1 amide bonds. The zero-order valence-corrected chi connectivity index (χ0v) is 14.3. The zero-order chi connectivity index (χ0) is 17.3. The van der Waals surface area contributed by atoms with Crippen LogP contribution < -0.4 is 0 Å². The van der Waals surface area contributed by atoms with E-state index < -0.39 is 0 Å². The quantitative estimate of drug-likeness (QED) is 0.818. The molecule has 1 spiro atoms. The van der Waals surface area contributed by atoms with Gasteiger partial charge >= 0.3 is 0 Å². The SMILES string of the molecule is Cn1ccc(C(=O)N2CC3(C2)OCC[C@@H]3COCc2ccccn2)n1. The van der Waals surface area contributed by atoms with Crippen LogP contribution in [0.25, 0.3) is 0 Å². The Morgan fingerprint density at radius 2 is 2.28 bits per heavy atom. The van der Waals surface area contributed by atoms with Crippen LogP contribution in [-0.4, -0.2) is 57.5 Å². The molecule has 0 radical (unpaired) electrons. The van der Waals surface area contributed by atoms with E-state index in [9.17, 15) is 4.79 Å². The van der Waals surface area contributed by atoms with Crippen molar-refractivity contribution in [2.24, 2.45) is 13.0 Å². The molecular weight excluding hydrogens is 320 g/mol. The molecule has 0 N–H and O–H groups in total. The predicted molar refractivity (Wildman–Crippen MR) is 89.8 cm³/mol. The summed E-state index contributed by atoms with van der Waals surface area (Å²) in [7, 11) is 1.81. The number of aryl methyl sites for hydroxylation is 1. The van der Waals surface area contributed by atoms with Crippen molar-refractivity contribution in [3.05, 3.63) is 48.0 Å². The largest absolute Gasteiger partial charge is 0.375 e. The number of carbonyl (C=O) groups is 1. The number of rotatable bonds is 5. The zero-order valence-electron chi connectivity index (χ0n) is 14.3. The molecule has 7 heteroatoms. The van der Waals surface area contributed by atoms with E-state index in [1.807, 2.05) is 25.2 Å². The molecule has 4 rings (SSSR count). The highest BCUT2D eigenvalue weighted by molar-refractivity contribution is 5.93. The minimum Gasteiger partial charge on any atom is -0.375 e. The second kappa shape index (κ2) is 6.57. The topological polar surface area (TPSA) is 69.5 Å². The van der Waals surface area contributed by atoms with Crippen molar-refractivity contribution < 1.29 is 14.3 Å². The summed E-state index contributed by atoms with van der Waals surface area (Å²) in [5.41, 5.74) is 1.16. The first kappa shape index (κ1) is 16.2. The summed E-state index contributed by atoms with van der Waals surface area (Å²) in [5.74, 6) is 0.277. The maximum absolute atomic E-state index is 12.4. The number of likely N-dealkylation sites (tertiary alicyclic amines) is 1. The number of hydrogen-bond acceptors (Lipinski definition) is 5. The summed E-state index contributed by atoms with van der Waals surface area (Å²) in [6.07, 6.45) is 4.52. The van der Waals surface area contributed by atoms with Gasteiger partial charge in [0.05, 0.1) is 32.0 Å². The van der Waals surface area contributed by atoms with E-state index in [0.717, 1.165) is 18.7 Å². The minimum absolute atomic E-state index is 0.0325. The van der Waals surface area contributed by atoms with Crippen LogP contribution in [0.5, 0.6) is 0 Å². The Hall–Kier alpha value is -2.25. The molecule has 132 valence electrons. The lowest BCUT2D eigenvalue weighted by atomic mass is 9.81. The van der Waals surface area contributed by atoms with Crippen molar-refractivity contribution in [1.82, 2.24) is 19.7 Å². The van der Waals surface area contributed by atoms with Crippen molar-refractivity contribution in [3.63, 3.8) is 0 Å². The van der Waals surface area contributed by atoms with Gasteiger partial charge in [-0.15, -0.1) is 0 Å². The summed E-state index contributed by atoms with van der Waals surface area (Å²) < 4.78 is 13.5. The lowest BCUT2D eigenvalue weighted by molar-refractivity contribution is -0.129. The van der Waals surface area contributed by atoms with Gasteiger partial charge < -0.3 is 14.4 Å². The second-order valence-electron chi connectivity index (χ2n) is 6.77. The van der Waals surface area contributed by atoms with Crippen LogP contribution in [0.2, 0.25) is 0 Å². The van der Waals surface area contributed by atoms with Crippen LogP contribution in [0.15, 0.2) is 36.7 Å². The number of aromatic nitrogens is 3. The van der Waals surface area contributed by atoms with Gasteiger partial charge in [-0.2, -0.15) is 5.10 Å². The minimum atomic E-state index is -0.255. The summed E-state index contributed by atoms with van der Waals surface area (Å²) in [5, 5.41) is 4.18. The first-order chi connectivity index (χ1) is 12.2. The van der Waals surface area contributed by atoms with Crippen molar-refractivity contribution in [3.8, 4) is 0 Å². The third kappa shape index (κ3) is 3.17. The normalized spacial score (nSPS) is 21.5. The van der Waals surface area contributed by atoms with Gasteiger partial charge in [0, 0.05) is 32.0 Å². The van der Waals surface area contributed by atoms with Gasteiger partial charge in [-0.3, -0.25) is 14.5 Å². The maximum Gasteiger partial charge on any atom is 0.274 e. The Kier molecular flexibility index (Phi) is 4.27. The molecule has 25 heavy (non-hydrogen) atoms. The van der Waals surface area contributed by atoms with Crippen molar-refractivity contribution in [1.29, 1.82) is 0 Å². The Bertz CT molecular complexity index is 740. The van der Waals surface area contributed by atoms with Crippen LogP contribution in [-0.2, 0) is 23.1 Å². The molecule has 2 aliphatic rings. The molecule has 0 aromatic carbocycles. The Morgan fingerprint density at radius 1 is 1.40 bits per heavy atom. The fraction of sp³-hybridized carbons (Fsp3) is 0.500. The van der Waals surface area contributed by atoms with E-state index in [1.54, 1.807) is 28.0 Å². The molecule has 0 bridgehead atoms. The lowest BCUT2D eigenvalue weighted by Gasteiger charge is -2.49. The first-order valence-corrected chi connectivity index (χ1v) is 8.57. The fourth-order valence-corrected chi connectivity index (χ4v) is 3.59. The van der Waals surface area contributed by atoms with E-state index in [2.05, 4.69) is 10.1 Å². The summed E-state index contributed by atoms with van der Waals surface area (Å²) in [6, 6.07) is 7.55. The smallest absolute Gasteiger partial charge is 0.274 e. The lowest BCUT2D eigenvalue weighted by Crippen LogP contribution is -2.66. The molecule has 0 unspecified atom stereocenters. The number of hydrogen-bond donors (Lipinski definition) is 0. The highest BCUT2D eigenvalue weighted by Crippen LogP contribution is 2.40.